The molecule has 3 heteroatoms. The molecule has 1 aromatic rings. The predicted molar refractivity (Wildman–Crippen MR) is 63.0 cm³/mol. The molecule has 0 saturated heterocycles. The van der Waals surface area contributed by atoms with Crippen LogP contribution in [0.25, 0.3) is 0 Å². The first-order valence-electron chi connectivity index (χ1n) is 5.46. The summed E-state index contributed by atoms with van der Waals surface area (Å²) >= 11 is 0. The molecular formula is C13H18O3. The molecule has 0 saturated carbocycles. The van der Waals surface area contributed by atoms with E-state index in [2.05, 4.69) is 0 Å². The maximum Gasteiger partial charge on any atom is 0.298 e. The van der Waals surface area contributed by atoms with Gasteiger partial charge in [-0.05, 0) is 31.9 Å². The molecule has 16 heavy (non-hydrogen) atoms. The highest BCUT2D eigenvalue weighted by atomic mass is 16.5. The molecule has 0 aliphatic heterocycles. The zero-order valence-corrected chi connectivity index (χ0v) is 10.2. The van der Waals surface area contributed by atoms with Gasteiger partial charge in [0, 0.05) is 5.56 Å². The molecule has 0 fully saturated rings. The lowest BCUT2D eigenvalue weighted by atomic mass is 10.0. The van der Waals surface area contributed by atoms with Crippen LogP contribution in [-0.4, -0.2) is 12.6 Å². The van der Waals surface area contributed by atoms with Crippen molar-refractivity contribution in [3.63, 3.8) is 0 Å². The molecule has 0 radical (unpaired) electrons. The van der Waals surface area contributed by atoms with E-state index in [4.69, 9.17) is 9.47 Å². The Hall–Kier alpha value is -1.51. The van der Waals surface area contributed by atoms with Crippen LogP contribution in [0.15, 0.2) is 18.2 Å². The van der Waals surface area contributed by atoms with E-state index in [1.54, 1.807) is 6.07 Å². The second-order valence-electron chi connectivity index (χ2n) is 4.20. The van der Waals surface area contributed by atoms with Gasteiger partial charge >= 0.3 is 0 Å². The van der Waals surface area contributed by atoms with Crippen LogP contribution < -0.4 is 9.47 Å². The summed E-state index contributed by atoms with van der Waals surface area (Å²) < 4.78 is 10.7. The third-order valence-electron chi connectivity index (χ3n) is 2.14. The number of carbonyl (C=O) groups is 1. The molecule has 0 N–H and O–H groups in total. The van der Waals surface area contributed by atoms with E-state index in [0.717, 1.165) is 11.3 Å². The molecule has 0 unspecified atom stereocenters. The van der Waals surface area contributed by atoms with Crippen LogP contribution >= 0.6 is 0 Å². The first-order chi connectivity index (χ1) is 7.56. The molecule has 0 bridgehead atoms. The van der Waals surface area contributed by atoms with Gasteiger partial charge in [0.1, 0.15) is 11.5 Å². The smallest absolute Gasteiger partial charge is 0.298 e. The van der Waals surface area contributed by atoms with Gasteiger partial charge in [0.15, 0.2) is 0 Å². The third kappa shape index (κ3) is 2.99. The summed E-state index contributed by atoms with van der Waals surface area (Å²) in [5.41, 5.74) is 0.934. The fourth-order valence-corrected chi connectivity index (χ4v) is 1.60. The average Bonchev–Trinajstić information content (AvgIpc) is 2.16. The summed E-state index contributed by atoms with van der Waals surface area (Å²) in [5.74, 6) is 1.59. The van der Waals surface area contributed by atoms with Crippen LogP contribution in [0.1, 0.15) is 39.2 Å². The van der Waals surface area contributed by atoms with Gasteiger partial charge < -0.3 is 9.47 Å². The number of rotatable bonds is 5. The standard InChI is InChI=1S/C13H18O3/c1-9(2)13-11(15-8-14)6-5-7-12(13)16-10(3)4/h5-10H,1-4H3. The second kappa shape index (κ2) is 5.54. The fourth-order valence-electron chi connectivity index (χ4n) is 1.60. The molecule has 88 valence electrons. The number of hydrogen-bond acceptors (Lipinski definition) is 3. The van der Waals surface area contributed by atoms with Crippen molar-refractivity contribution in [1.29, 1.82) is 0 Å². The Kier molecular flexibility index (Phi) is 4.35. The Morgan fingerprint density at radius 1 is 1.12 bits per heavy atom. The van der Waals surface area contributed by atoms with E-state index in [9.17, 15) is 4.79 Å². The molecular weight excluding hydrogens is 204 g/mol. The molecule has 0 amide bonds. The Bertz CT molecular complexity index is 356. The minimum atomic E-state index is 0.101. The Morgan fingerprint density at radius 3 is 2.25 bits per heavy atom. The molecule has 3 nitrogen and oxygen atoms in total. The van der Waals surface area contributed by atoms with Gasteiger partial charge in [-0.15, -0.1) is 0 Å². The lowest BCUT2D eigenvalue weighted by Crippen LogP contribution is -2.09. The monoisotopic (exact) mass is 222 g/mol. The quantitative estimate of drug-likeness (QED) is 0.718. The van der Waals surface area contributed by atoms with Crippen LogP contribution in [0, 0.1) is 0 Å². The van der Waals surface area contributed by atoms with Crippen molar-refractivity contribution in [2.24, 2.45) is 0 Å². The lowest BCUT2D eigenvalue weighted by molar-refractivity contribution is -0.120. The maximum absolute atomic E-state index is 10.4. The Balaban J connectivity index is 3.15. The third-order valence-corrected chi connectivity index (χ3v) is 2.14. The highest BCUT2D eigenvalue weighted by molar-refractivity contribution is 5.53. The summed E-state index contributed by atoms with van der Waals surface area (Å²) in [5, 5.41) is 0. The topological polar surface area (TPSA) is 35.5 Å². The van der Waals surface area contributed by atoms with Crippen LogP contribution in [0.5, 0.6) is 11.5 Å². The molecule has 0 heterocycles. The van der Waals surface area contributed by atoms with E-state index in [0.29, 0.717) is 12.2 Å². The molecule has 0 aliphatic rings. The fraction of sp³-hybridized carbons (Fsp3) is 0.462. The highest BCUT2D eigenvalue weighted by Crippen LogP contribution is 2.35. The van der Waals surface area contributed by atoms with Crippen molar-refractivity contribution in [2.75, 3.05) is 0 Å². The van der Waals surface area contributed by atoms with Crippen molar-refractivity contribution in [3.8, 4) is 11.5 Å². The number of hydrogen-bond donors (Lipinski definition) is 0. The van der Waals surface area contributed by atoms with E-state index < -0.39 is 0 Å². The van der Waals surface area contributed by atoms with Crippen LogP contribution in [0.3, 0.4) is 0 Å². The molecule has 0 atom stereocenters. The van der Waals surface area contributed by atoms with Crippen molar-refractivity contribution in [3.05, 3.63) is 23.8 Å². The summed E-state index contributed by atoms with van der Waals surface area (Å²) in [4.78, 5) is 10.4. The molecule has 1 aromatic carbocycles. The minimum absolute atomic E-state index is 0.101. The Morgan fingerprint density at radius 2 is 1.75 bits per heavy atom. The summed E-state index contributed by atoms with van der Waals surface area (Å²) in [7, 11) is 0. The average molecular weight is 222 g/mol. The van der Waals surface area contributed by atoms with Gasteiger partial charge in [-0.2, -0.15) is 0 Å². The highest BCUT2D eigenvalue weighted by Gasteiger charge is 2.15. The van der Waals surface area contributed by atoms with Crippen molar-refractivity contribution >= 4 is 6.47 Å². The second-order valence-corrected chi connectivity index (χ2v) is 4.20. The first-order valence-corrected chi connectivity index (χ1v) is 5.46. The van der Waals surface area contributed by atoms with Crippen molar-refractivity contribution < 1.29 is 14.3 Å². The van der Waals surface area contributed by atoms with Crippen LogP contribution in [-0.2, 0) is 4.79 Å². The van der Waals surface area contributed by atoms with Crippen molar-refractivity contribution in [2.45, 2.75) is 39.7 Å². The van der Waals surface area contributed by atoms with Gasteiger partial charge in [-0.25, -0.2) is 0 Å². The molecule has 1 rings (SSSR count). The maximum atomic E-state index is 10.4. The molecule has 0 spiro atoms. The summed E-state index contributed by atoms with van der Waals surface area (Å²) in [6, 6.07) is 5.49. The molecule has 0 aliphatic carbocycles. The van der Waals surface area contributed by atoms with Gasteiger partial charge in [0.2, 0.25) is 0 Å². The number of benzene rings is 1. The van der Waals surface area contributed by atoms with Gasteiger partial charge in [-0.1, -0.05) is 19.9 Å². The first kappa shape index (κ1) is 12.6. The van der Waals surface area contributed by atoms with E-state index in [1.807, 2.05) is 39.8 Å². The SMILES string of the molecule is CC(C)Oc1cccc(OC=O)c1C(C)C. The number of carbonyl (C=O) groups excluding carboxylic acids is 1. The van der Waals surface area contributed by atoms with E-state index in [-0.39, 0.29) is 12.0 Å². The van der Waals surface area contributed by atoms with Gasteiger partial charge in [-0.3, -0.25) is 4.79 Å². The normalized spacial score (nSPS) is 10.6. The zero-order chi connectivity index (χ0) is 12.1. The summed E-state index contributed by atoms with van der Waals surface area (Å²) in [6.07, 6.45) is 0.101. The van der Waals surface area contributed by atoms with E-state index >= 15 is 0 Å². The minimum Gasteiger partial charge on any atom is -0.491 e. The summed E-state index contributed by atoms with van der Waals surface area (Å²) in [6.45, 7) is 8.47. The molecule has 0 aromatic heterocycles. The van der Waals surface area contributed by atoms with Gasteiger partial charge in [0.25, 0.3) is 6.47 Å². The van der Waals surface area contributed by atoms with Gasteiger partial charge in [0.05, 0.1) is 6.10 Å². The van der Waals surface area contributed by atoms with Crippen LogP contribution in [0.2, 0.25) is 0 Å². The zero-order valence-electron chi connectivity index (χ0n) is 10.2. The number of ether oxygens (including phenoxy) is 2. The Labute approximate surface area is 96.4 Å². The van der Waals surface area contributed by atoms with Crippen LogP contribution in [0.4, 0.5) is 0 Å². The van der Waals surface area contributed by atoms with E-state index in [1.165, 1.54) is 0 Å². The predicted octanol–water partition coefficient (Wildman–Crippen LogP) is 3.13. The lowest BCUT2D eigenvalue weighted by Gasteiger charge is -2.18. The largest absolute Gasteiger partial charge is 0.491 e. The van der Waals surface area contributed by atoms with Crippen molar-refractivity contribution in [1.82, 2.24) is 0 Å².